The van der Waals surface area contributed by atoms with Gasteiger partial charge in [-0.25, -0.2) is 13.6 Å². The number of primary sulfonamides is 1. The van der Waals surface area contributed by atoms with Crippen LogP contribution in [0.5, 0.6) is 0 Å². The van der Waals surface area contributed by atoms with E-state index in [9.17, 15) is 16.8 Å². The first-order valence-corrected chi connectivity index (χ1v) is 12.6. The zero-order valence-corrected chi connectivity index (χ0v) is 19.2. The molecule has 0 aromatic heterocycles. The third-order valence-corrected chi connectivity index (χ3v) is 6.61. The highest BCUT2D eigenvalue weighted by atomic mass is 32.2. The summed E-state index contributed by atoms with van der Waals surface area (Å²) in [5.74, 6) is 0. The van der Waals surface area contributed by atoms with E-state index in [4.69, 9.17) is 9.32 Å². The summed E-state index contributed by atoms with van der Waals surface area (Å²) in [5, 5.41) is 4.88. The van der Waals surface area contributed by atoms with Crippen LogP contribution in [0, 0.1) is 13.8 Å². The summed E-state index contributed by atoms with van der Waals surface area (Å²) in [6.07, 6.45) is 1.49. The molecule has 0 amide bonds. The number of sulfonamides is 1. The highest BCUT2D eigenvalue weighted by molar-refractivity contribution is 7.89. The van der Waals surface area contributed by atoms with Crippen LogP contribution in [0.25, 0.3) is 0 Å². The van der Waals surface area contributed by atoms with Crippen LogP contribution < -0.4 is 5.14 Å². The van der Waals surface area contributed by atoms with Crippen molar-refractivity contribution in [3.05, 3.63) is 95.6 Å². The molecule has 31 heavy (non-hydrogen) atoms. The Hall–Kier alpha value is -2.52. The van der Waals surface area contributed by atoms with Gasteiger partial charge in [-0.2, -0.15) is 8.42 Å². The maximum absolute atomic E-state index is 11.9. The second-order valence-electron chi connectivity index (χ2n) is 7.04. The van der Waals surface area contributed by atoms with Gasteiger partial charge in [0.1, 0.15) is 0 Å². The number of nitrogens with two attached hydrogens (primary N) is 1. The highest BCUT2D eigenvalue weighted by Crippen LogP contribution is 2.14. The van der Waals surface area contributed by atoms with Gasteiger partial charge in [0.2, 0.25) is 10.0 Å². The summed E-state index contributed by atoms with van der Waals surface area (Å²) in [6, 6.07) is 23.0. The monoisotopic (exact) mass is 461 g/mol. The quantitative estimate of drug-likeness (QED) is 0.423. The van der Waals surface area contributed by atoms with E-state index in [1.54, 1.807) is 36.4 Å². The second kappa shape index (κ2) is 11.2. The normalized spacial score (nSPS) is 11.5. The van der Waals surface area contributed by atoms with Gasteiger partial charge in [-0.15, -0.1) is 0 Å². The largest absolute Gasteiger partial charge is 0.296 e. The Kier molecular flexibility index (Phi) is 8.94. The molecule has 166 valence electrons. The van der Waals surface area contributed by atoms with Crippen molar-refractivity contribution < 1.29 is 21.0 Å². The van der Waals surface area contributed by atoms with Crippen LogP contribution >= 0.6 is 0 Å². The molecule has 0 bridgehead atoms. The van der Waals surface area contributed by atoms with Crippen LogP contribution in [0.3, 0.4) is 0 Å². The molecular weight excluding hydrogens is 434 g/mol. The third kappa shape index (κ3) is 8.63. The molecule has 8 heteroatoms. The molecule has 3 aromatic rings. The van der Waals surface area contributed by atoms with Crippen molar-refractivity contribution in [1.29, 1.82) is 0 Å². The number of hydrogen-bond donors (Lipinski definition) is 1. The third-order valence-electron chi connectivity index (χ3n) is 4.35. The minimum atomic E-state index is -3.63. The Morgan fingerprint density at radius 2 is 1.19 bits per heavy atom. The summed E-state index contributed by atoms with van der Waals surface area (Å²) < 4.78 is 50.4. The molecule has 0 saturated heterocycles. The SMILES string of the molecule is Cc1ccc(S(=O)(=O)OCCCc2ccccc2)cc1.Cc1ccc(S(N)(=O)=O)cc1. The molecule has 0 radical (unpaired) electrons. The van der Waals surface area contributed by atoms with Gasteiger partial charge in [-0.1, -0.05) is 65.7 Å². The summed E-state index contributed by atoms with van der Waals surface area (Å²) in [6.45, 7) is 4.00. The van der Waals surface area contributed by atoms with Gasteiger partial charge in [0.25, 0.3) is 10.1 Å². The van der Waals surface area contributed by atoms with Crippen LogP contribution in [-0.2, 0) is 30.7 Å². The van der Waals surface area contributed by atoms with E-state index in [0.29, 0.717) is 6.42 Å². The lowest BCUT2D eigenvalue weighted by Crippen LogP contribution is -2.11. The molecule has 0 aliphatic heterocycles. The van der Waals surface area contributed by atoms with E-state index >= 15 is 0 Å². The van der Waals surface area contributed by atoms with Crippen molar-refractivity contribution in [2.75, 3.05) is 6.61 Å². The maximum Gasteiger partial charge on any atom is 0.296 e. The molecule has 3 aromatic carbocycles. The summed E-state index contributed by atoms with van der Waals surface area (Å²) >= 11 is 0. The van der Waals surface area contributed by atoms with Gasteiger partial charge < -0.3 is 0 Å². The smallest absolute Gasteiger partial charge is 0.266 e. The van der Waals surface area contributed by atoms with Crippen LogP contribution in [0.4, 0.5) is 0 Å². The Bertz CT molecular complexity index is 1160. The minimum absolute atomic E-state index is 0.156. The van der Waals surface area contributed by atoms with E-state index in [1.807, 2.05) is 44.2 Å². The van der Waals surface area contributed by atoms with Crippen LogP contribution in [0.1, 0.15) is 23.1 Å². The number of hydrogen-bond acceptors (Lipinski definition) is 5. The lowest BCUT2D eigenvalue weighted by atomic mass is 10.1. The van der Waals surface area contributed by atoms with Crippen LogP contribution in [0.15, 0.2) is 88.7 Å². The van der Waals surface area contributed by atoms with Crippen LogP contribution in [-0.4, -0.2) is 23.4 Å². The highest BCUT2D eigenvalue weighted by Gasteiger charge is 2.14. The predicted molar refractivity (Wildman–Crippen MR) is 122 cm³/mol. The topological polar surface area (TPSA) is 104 Å². The predicted octanol–water partition coefficient (Wildman–Crippen LogP) is 3.98. The van der Waals surface area contributed by atoms with E-state index in [0.717, 1.165) is 17.5 Å². The Balaban J connectivity index is 0.000000262. The number of benzene rings is 3. The molecule has 0 aliphatic carbocycles. The first-order chi connectivity index (χ1) is 14.6. The summed E-state index contributed by atoms with van der Waals surface area (Å²) in [5.41, 5.74) is 3.22. The molecule has 0 spiro atoms. The van der Waals surface area contributed by atoms with Gasteiger partial charge in [-0.05, 0) is 56.5 Å². The molecule has 0 heterocycles. The van der Waals surface area contributed by atoms with Crippen molar-refractivity contribution in [2.45, 2.75) is 36.5 Å². The first kappa shape index (κ1) is 24.7. The molecule has 6 nitrogen and oxygen atoms in total. The van der Waals surface area contributed by atoms with E-state index < -0.39 is 20.1 Å². The van der Waals surface area contributed by atoms with Gasteiger partial charge in [0.15, 0.2) is 0 Å². The second-order valence-corrected chi connectivity index (χ2v) is 10.2. The zero-order chi connectivity index (χ0) is 22.9. The zero-order valence-electron chi connectivity index (χ0n) is 17.6. The fraction of sp³-hybridized carbons (Fsp3) is 0.217. The average Bonchev–Trinajstić information content (AvgIpc) is 2.72. The van der Waals surface area contributed by atoms with E-state index in [-0.39, 0.29) is 16.4 Å². The van der Waals surface area contributed by atoms with Gasteiger partial charge >= 0.3 is 0 Å². The molecule has 0 atom stereocenters. The minimum Gasteiger partial charge on any atom is -0.266 e. The number of aryl methyl sites for hydroxylation is 3. The van der Waals surface area contributed by atoms with Crippen molar-refractivity contribution in [2.24, 2.45) is 5.14 Å². The average molecular weight is 462 g/mol. The molecule has 0 saturated carbocycles. The van der Waals surface area contributed by atoms with Gasteiger partial charge in [-0.3, -0.25) is 4.18 Å². The lowest BCUT2D eigenvalue weighted by Gasteiger charge is -2.06. The van der Waals surface area contributed by atoms with Gasteiger partial charge in [0.05, 0.1) is 16.4 Å². The fourth-order valence-electron chi connectivity index (χ4n) is 2.59. The molecule has 0 fully saturated rings. The lowest BCUT2D eigenvalue weighted by molar-refractivity contribution is 0.312. The molecule has 2 N–H and O–H groups in total. The Morgan fingerprint density at radius 3 is 1.68 bits per heavy atom. The van der Waals surface area contributed by atoms with Crippen molar-refractivity contribution in [3.8, 4) is 0 Å². The summed E-state index contributed by atoms with van der Waals surface area (Å²) in [7, 11) is -7.15. The van der Waals surface area contributed by atoms with Gasteiger partial charge in [0, 0.05) is 0 Å². The molecule has 3 rings (SSSR count). The molecular formula is C23H27NO5S2. The summed E-state index contributed by atoms with van der Waals surface area (Å²) in [4.78, 5) is 0.367. The Labute approximate surface area is 184 Å². The van der Waals surface area contributed by atoms with E-state index in [2.05, 4.69) is 0 Å². The number of rotatable bonds is 7. The first-order valence-electron chi connectivity index (χ1n) is 9.67. The van der Waals surface area contributed by atoms with E-state index in [1.165, 1.54) is 17.7 Å². The van der Waals surface area contributed by atoms with Crippen LogP contribution in [0.2, 0.25) is 0 Å². The standard InChI is InChI=1S/C16H18O3S.C7H9NO2S/c1-14-9-11-16(12-10-14)20(17,18)19-13-5-8-15-6-3-2-4-7-15;1-6-2-4-7(5-3-6)11(8,9)10/h2-4,6-7,9-12H,5,8,13H2,1H3;2-5H,1H3,(H2,8,9,10). The van der Waals surface area contributed by atoms with Crippen molar-refractivity contribution >= 4 is 20.1 Å². The fourth-order valence-corrected chi connectivity index (χ4v) is 4.05. The molecule has 0 aliphatic rings. The maximum atomic E-state index is 11.9. The Morgan fingerprint density at radius 1 is 0.710 bits per heavy atom. The van der Waals surface area contributed by atoms with Crippen molar-refractivity contribution in [1.82, 2.24) is 0 Å². The molecule has 0 unspecified atom stereocenters. The van der Waals surface area contributed by atoms with Crippen molar-refractivity contribution in [3.63, 3.8) is 0 Å².